The highest BCUT2D eigenvalue weighted by Crippen LogP contribution is 2.16. The summed E-state index contributed by atoms with van der Waals surface area (Å²) < 4.78 is 5.20. The number of hydrogen-bond acceptors (Lipinski definition) is 5. The molecule has 7 heteroatoms. The summed E-state index contributed by atoms with van der Waals surface area (Å²) in [6.07, 6.45) is -1.40. The fourth-order valence-electron chi connectivity index (χ4n) is 3.08. The van der Waals surface area contributed by atoms with Gasteiger partial charge in [-0.1, -0.05) is 30.3 Å². The smallest absolute Gasteiger partial charge is 0.407 e. The van der Waals surface area contributed by atoms with E-state index in [-0.39, 0.29) is 25.4 Å². The Morgan fingerprint density at radius 3 is 2.48 bits per heavy atom. The standard InChI is InChI=1S/C20H30N2O5/c1-20(2,3)27-19(26)21-16-11-15(23)12-22(13-17(16)24)18(25)10-9-14-7-5-4-6-8-14/h4-8,15-17,23-24H,9-13H2,1-3H3,(H,21,26)/t15-,16-,17-/m1/s1. The molecule has 0 radical (unpaired) electrons. The minimum Gasteiger partial charge on any atom is -0.444 e. The Kier molecular flexibility index (Phi) is 7.21. The SMILES string of the molecule is CC(C)(C)OC(=O)N[C@@H]1C[C@@H](O)CN(C(=O)CCc2ccccc2)C[C@H]1O. The van der Waals surface area contributed by atoms with Crippen molar-refractivity contribution < 1.29 is 24.5 Å². The van der Waals surface area contributed by atoms with Crippen LogP contribution in [0.2, 0.25) is 0 Å². The number of β-amino-alcohol motifs (C(OH)–C–C–N with tert-alkyl or cyclic N) is 2. The first-order valence-electron chi connectivity index (χ1n) is 9.31. The molecule has 7 nitrogen and oxygen atoms in total. The van der Waals surface area contributed by atoms with Gasteiger partial charge >= 0.3 is 6.09 Å². The maximum atomic E-state index is 12.5. The lowest BCUT2D eigenvalue weighted by molar-refractivity contribution is -0.133. The van der Waals surface area contributed by atoms with Gasteiger partial charge in [0.25, 0.3) is 0 Å². The highest BCUT2D eigenvalue weighted by atomic mass is 16.6. The van der Waals surface area contributed by atoms with Crippen molar-refractivity contribution in [1.29, 1.82) is 0 Å². The van der Waals surface area contributed by atoms with Gasteiger partial charge in [0.2, 0.25) is 5.91 Å². The zero-order valence-electron chi connectivity index (χ0n) is 16.2. The molecule has 0 aliphatic carbocycles. The normalized spacial score (nSPS) is 23.4. The number of hydrogen-bond donors (Lipinski definition) is 3. The Hall–Kier alpha value is -2.12. The van der Waals surface area contributed by atoms with E-state index < -0.39 is 29.9 Å². The summed E-state index contributed by atoms with van der Waals surface area (Å²) in [6.45, 7) is 5.44. The maximum absolute atomic E-state index is 12.5. The minimum absolute atomic E-state index is 0.0607. The van der Waals surface area contributed by atoms with Gasteiger partial charge in [0.15, 0.2) is 0 Å². The Morgan fingerprint density at radius 1 is 1.19 bits per heavy atom. The van der Waals surface area contributed by atoms with Crippen LogP contribution in [0.3, 0.4) is 0 Å². The van der Waals surface area contributed by atoms with E-state index in [1.807, 2.05) is 30.3 Å². The predicted molar refractivity (Wildman–Crippen MR) is 101 cm³/mol. The second-order valence-corrected chi connectivity index (χ2v) is 7.99. The average Bonchev–Trinajstić information content (AvgIpc) is 2.70. The second-order valence-electron chi connectivity index (χ2n) is 7.99. The third-order valence-corrected chi connectivity index (χ3v) is 4.35. The lowest BCUT2D eigenvalue weighted by Crippen LogP contribution is -2.48. The van der Waals surface area contributed by atoms with Gasteiger partial charge in [-0.3, -0.25) is 4.79 Å². The first-order chi connectivity index (χ1) is 12.6. The van der Waals surface area contributed by atoms with Gasteiger partial charge in [0, 0.05) is 19.5 Å². The number of aliphatic hydroxyl groups excluding tert-OH is 2. The highest BCUT2D eigenvalue weighted by Gasteiger charge is 2.33. The molecule has 27 heavy (non-hydrogen) atoms. The van der Waals surface area contributed by atoms with Crippen molar-refractivity contribution in [2.45, 2.75) is 63.9 Å². The van der Waals surface area contributed by atoms with Crippen LogP contribution in [0.25, 0.3) is 0 Å². The number of carbonyl (C=O) groups excluding carboxylic acids is 2. The van der Waals surface area contributed by atoms with Crippen molar-refractivity contribution in [3.63, 3.8) is 0 Å². The van der Waals surface area contributed by atoms with Crippen LogP contribution >= 0.6 is 0 Å². The van der Waals surface area contributed by atoms with Crippen LogP contribution in [-0.2, 0) is 16.0 Å². The summed E-state index contributed by atoms with van der Waals surface area (Å²) in [4.78, 5) is 26.0. The van der Waals surface area contributed by atoms with Gasteiger partial charge in [-0.15, -0.1) is 0 Å². The summed E-state index contributed by atoms with van der Waals surface area (Å²) in [5.41, 5.74) is 0.406. The number of aryl methyl sites for hydroxylation is 1. The zero-order valence-corrected chi connectivity index (χ0v) is 16.2. The van der Waals surface area contributed by atoms with E-state index in [9.17, 15) is 19.8 Å². The van der Waals surface area contributed by atoms with Crippen LogP contribution in [0.4, 0.5) is 4.79 Å². The molecule has 1 heterocycles. The van der Waals surface area contributed by atoms with Gasteiger partial charge in [-0.05, 0) is 39.2 Å². The van der Waals surface area contributed by atoms with Crippen molar-refractivity contribution >= 4 is 12.0 Å². The number of amides is 2. The van der Waals surface area contributed by atoms with E-state index in [1.54, 1.807) is 20.8 Å². The highest BCUT2D eigenvalue weighted by molar-refractivity contribution is 5.76. The zero-order chi connectivity index (χ0) is 20.0. The average molecular weight is 378 g/mol. The van der Waals surface area contributed by atoms with Crippen molar-refractivity contribution in [3.8, 4) is 0 Å². The van der Waals surface area contributed by atoms with Gasteiger partial charge in [0.05, 0.1) is 18.2 Å². The molecule has 0 spiro atoms. The summed E-state index contributed by atoms with van der Waals surface area (Å²) >= 11 is 0. The number of nitrogens with one attached hydrogen (secondary N) is 1. The fraction of sp³-hybridized carbons (Fsp3) is 0.600. The van der Waals surface area contributed by atoms with Gasteiger partial charge in [-0.2, -0.15) is 0 Å². The van der Waals surface area contributed by atoms with E-state index in [0.717, 1.165) is 5.56 Å². The molecule has 1 aromatic carbocycles. The third-order valence-electron chi connectivity index (χ3n) is 4.35. The van der Waals surface area contributed by atoms with Crippen molar-refractivity contribution in [1.82, 2.24) is 10.2 Å². The van der Waals surface area contributed by atoms with E-state index >= 15 is 0 Å². The van der Waals surface area contributed by atoms with Gasteiger partial charge in [0.1, 0.15) is 5.60 Å². The lowest BCUT2D eigenvalue weighted by atomic mass is 10.1. The number of aliphatic hydroxyl groups is 2. The maximum Gasteiger partial charge on any atom is 0.407 e. The number of rotatable bonds is 4. The Labute approximate surface area is 160 Å². The number of alkyl carbamates (subject to hydrolysis) is 1. The molecule has 0 bridgehead atoms. The molecule has 2 rings (SSSR count). The molecule has 0 unspecified atom stereocenters. The van der Waals surface area contributed by atoms with Crippen LogP contribution < -0.4 is 5.32 Å². The minimum atomic E-state index is -0.977. The molecule has 1 fully saturated rings. The molecule has 150 valence electrons. The third kappa shape index (κ3) is 7.19. The topological polar surface area (TPSA) is 99.1 Å². The molecular formula is C20H30N2O5. The second kappa shape index (κ2) is 9.19. The van der Waals surface area contributed by atoms with Crippen molar-refractivity contribution in [2.75, 3.05) is 13.1 Å². The summed E-state index contributed by atoms with van der Waals surface area (Å²) in [5.74, 6) is -0.130. The van der Waals surface area contributed by atoms with Crippen molar-refractivity contribution in [3.05, 3.63) is 35.9 Å². The van der Waals surface area contributed by atoms with Crippen LogP contribution in [-0.4, -0.2) is 64.1 Å². The van der Waals surface area contributed by atoms with E-state index in [0.29, 0.717) is 12.8 Å². The van der Waals surface area contributed by atoms with Crippen LogP contribution in [0.1, 0.15) is 39.2 Å². The van der Waals surface area contributed by atoms with Crippen molar-refractivity contribution in [2.24, 2.45) is 0 Å². The van der Waals surface area contributed by atoms with Crippen LogP contribution in [0, 0.1) is 0 Å². The molecule has 1 saturated heterocycles. The quantitative estimate of drug-likeness (QED) is 0.737. The molecule has 1 aliphatic heterocycles. The molecule has 0 aromatic heterocycles. The summed E-state index contributed by atoms with van der Waals surface area (Å²) in [6, 6.07) is 9.01. The Morgan fingerprint density at radius 2 is 1.85 bits per heavy atom. The number of carbonyl (C=O) groups is 2. The molecule has 3 N–H and O–H groups in total. The first kappa shape index (κ1) is 21.2. The Bertz CT molecular complexity index is 629. The monoisotopic (exact) mass is 378 g/mol. The van der Waals surface area contributed by atoms with E-state index in [1.165, 1.54) is 4.90 Å². The Balaban J connectivity index is 1.92. The number of benzene rings is 1. The number of ether oxygens (including phenoxy) is 1. The predicted octanol–water partition coefficient (Wildman–Crippen LogP) is 1.47. The lowest BCUT2D eigenvalue weighted by Gasteiger charge is -2.26. The molecular weight excluding hydrogens is 348 g/mol. The number of nitrogens with zero attached hydrogens (tertiary/aromatic N) is 1. The van der Waals surface area contributed by atoms with Gasteiger partial charge < -0.3 is 25.2 Å². The number of likely N-dealkylation sites (tertiary alicyclic amines) is 1. The fourth-order valence-corrected chi connectivity index (χ4v) is 3.08. The largest absolute Gasteiger partial charge is 0.444 e. The molecule has 3 atom stereocenters. The first-order valence-corrected chi connectivity index (χ1v) is 9.31. The van der Waals surface area contributed by atoms with Crippen LogP contribution in [0.5, 0.6) is 0 Å². The van der Waals surface area contributed by atoms with E-state index in [4.69, 9.17) is 4.74 Å². The molecule has 2 amide bonds. The van der Waals surface area contributed by atoms with E-state index in [2.05, 4.69) is 5.32 Å². The van der Waals surface area contributed by atoms with Crippen LogP contribution in [0.15, 0.2) is 30.3 Å². The molecule has 1 aromatic rings. The summed E-state index contributed by atoms with van der Waals surface area (Å²) in [7, 11) is 0. The molecule has 0 saturated carbocycles. The van der Waals surface area contributed by atoms with Gasteiger partial charge in [-0.25, -0.2) is 4.79 Å². The summed E-state index contributed by atoms with van der Waals surface area (Å²) in [5, 5.41) is 23.3. The molecule has 1 aliphatic rings.